The Morgan fingerprint density at radius 1 is 1.28 bits per heavy atom. The minimum absolute atomic E-state index is 0.0377. The van der Waals surface area contributed by atoms with Crippen LogP contribution in [-0.2, 0) is 11.2 Å². The van der Waals surface area contributed by atoms with Crippen molar-refractivity contribution in [3.63, 3.8) is 0 Å². The lowest BCUT2D eigenvalue weighted by molar-refractivity contribution is -0.130. The zero-order valence-corrected chi connectivity index (χ0v) is 16.3. The lowest BCUT2D eigenvalue weighted by Gasteiger charge is -2.23. The first-order valence-corrected chi connectivity index (χ1v) is 9.88. The Morgan fingerprint density at radius 3 is 2.79 bits per heavy atom. The van der Waals surface area contributed by atoms with Gasteiger partial charge in [-0.25, -0.2) is 4.98 Å². The quantitative estimate of drug-likeness (QED) is 0.687. The molecule has 2 aromatic rings. The van der Waals surface area contributed by atoms with Crippen LogP contribution >= 0.6 is 0 Å². The first kappa shape index (κ1) is 19.4. The van der Waals surface area contributed by atoms with E-state index in [-0.39, 0.29) is 23.3 Å². The lowest BCUT2D eigenvalue weighted by Crippen LogP contribution is -2.47. The maximum Gasteiger partial charge on any atom is 0.276 e. The topological polar surface area (TPSA) is 103 Å². The summed E-state index contributed by atoms with van der Waals surface area (Å²) in [5.41, 5.74) is 1.29. The number of nitrogens with one attached hydrogen (secondary N) is 1. The minimum Gasteiger partial charge on any atom is -0.505 e. The van der Waals surface area contributed by atoms with Gasteiger partial charge in [0.25, 0.3) is 5.91 Å². The van der Waals surface area contributed by atoms with Gasteiger partial charge in [-0.1, -0.05) is 30.3 Å². The predicted molar refractivity (Wildman–Crippen MR) is 106 cm³/mol. The molecule has 1 aromatic carbocycles. The summed E-state index contributed by atoms with van der Waals surface area (Å²) >= 11 is 0. The van der Waals surface area contributed by atoms with Crippen LogP contribution in [0.3, 0.4) is 0 Å². The zero-order valence-electron chi connectivity index (χ0n) is 16.3. The fourth-order valence-electron chi connectivity index (χ4n) is 4.10. The number of hydrogen-bond acceptors (Lipinski definition) is 5. The highest BCUT2D eigenvalue weighted by atomic mass is 16.3. The van der Waals surface area contributed by atoms with Crippen LogP contribution in [-0.4, -0.2) is 56.6 Å². The van der Waals surface area contributed by atoms with Gasteiger partial charge in [0.1, 0.15) is 11.9 Å². The van der Waals surface area contributed by atoms with Crippen molar-refractivity contribution in [2.45, 2.75) is 37.8 Å². The number of likely N-dealkylation sites (tertiary alicyclic amines) is 1. The second-order valence-electron chi connectivity index (χ2n) is 8.09. The molecule has 3 atom stereocenters. The molecular weight excluding hydrogens is 370 g/mol. The Hall–Kier alpha value is -2.93. The molecule has 4 rings (SSSR count). The van der Waals surface area contributed by atoms with Gasteiger partial charge in [0.05, 0.1) is 5.54 Å². The molecule has 7 heteroatoms. The number of aliphatic hydroxyl groups is 1. The lowest BCUT2D eigenvalue weighted by atomic mass is 10.1. The highest BCUT2D eigenvalue weighted by Gasteiger charge is 2.62. The normalized spacial score (nSPS) is 23.4. The van der Waals surface area contributed by atoms with E-state index in [2.05, 4.69) is 10.3 Å². The molecule has 1 aliphatic carbocycles. The molecule has 0 spiro atoms. The second-order valence-corrected chi connectivity index (χ2v) is 8.09. The maximum absolute atomic E-state index is 12.7. The molecule has 152 valence electrons. The van der Waals surface area contributed by atoms with Gasteiger partial charge in [-0.3, -0.25) is 9.59 Å². The fourth-order valence-corrected chi connectivity index (χ4v) is 4.10. The third-order valence-corrected chi connectivity index (χ3v) is 5.87. The summed E-state index contributed by atoms with van der Waals surface area (Å²) in [6.45, 7) is 2.63. The average Bonchev–Trinajstić information content (AvgIpc) is 3.26. The number of fused-ring (bicyclic) bond motifs is 1. The molecular formula is C22H25N3O4. The number of aliphatic hydroxyl groups excluding tert-OH is 1. The summed E-state index contributed by atoms with van der Waals surface area (Å²) in [5.74, 6) is -0.704. The van der Waals surface area contributed by atoms with E-state index < -0.39 is 17.6 Å². The van der Waals surface area contributed by atoms with E-state index in [9.17, 15) is 19.8 Å². The number of amides is 2. The van der Waals surface area contributed by atoms with E-state index in [1.165, 1.54) is 6.07 Å². The van der Waals surface area contributed by atoms with Crippen molar-refractivity contribution in [1.29, 1.82) is 0 Å². The van der Waals surface area contributed by atoms with Crippen molar-refractivity contribution in [1.82, 2.24) is 15.2 Å². The highest BCUT2D eigenvalue weighted by Crippen LogP contribution is 2.50. The van der Waals surface area contributed by atoms with Gasteiger partial charge in [0, 0.05) is 24.7 Å². The number of aromatic hydroxyl groups is 1. The number of rotatable bonds is 6. The van der Waals surface area contributed by atoms with E-state index in [1.807, 2.05) is 30.3 Å². The summed E-state index contributed by atoms with van der Waals surface area (Å²) in [5, 5.41) is 23.2. The predicted octanol–water partition coefficient (Wildman–Crippen LogP) is 1.42. The summed E-state index contributed by atoms with van der Waals surface area (Å²) in [6, 6.07) is 12.8. The highest BCUT2D eigenvalue weighted by molar-refractivity contribution is 5.95. The molecule has 2 fully saturated rings. The number of benzene rings is 1. The molecule has 1 aromatic heterocycles. The van der Waals surface area contributed by atoms with E-state index in [0.29, 0.717) is 31.6 Å². The molecule has 1 aliphatic heterocycles. The Labute approximate surface area is 169 Å². The van der Waals surface area contributed by atoms with Gasteiger partial charge in [-0.2, -0.15) is 0 Å². The van der Waals surface area contributed by atoms with Crippen molar-refractivity contribution in [2.75, 3.05) is 13.1 Å². The second kappa shape index (κ2) is 7.48. The molecule has 7 nitrogen and oxygen atoms in total. The van der Waals surface area contributed by atoms with Gasteiger partial charge in [0.2, 0.25) is 5.91 Å². The monoisotopic (exact) mass is 395 g/mol. The van der Waals surface area contributed by atoms with Crippen LogP contribution in [0, 0.1) is 12.8 Å². The van der Waals surface area contributed by atoms with Crippen LogP contribution < -0.4 is 5.32 Å². The number of pyridine rings is 1. The van der Waals surface area contributed by atoms with Crippen molar-refractivity contribution in [3.05, 3.63) is 59.4 Å². The molecule has 0 radical (unpaired) electrons. The third kappa shape index (κ3) is 3.96. The summed E-state index contributed by atoms with van der Waals surface area (Å²) in [6.07, 6.45) is 0.675. The van der Waals surface area contributed by atoms with Crippen molar-refractivity contribution in [3.8, 4) is 5.75 Å². The molecule has 2 heterocycles. The van der Waals surface area contributed by atoms with Crippen LogP contribution in [0.15, 0.2) is 42.5 Å². The molecule has 2 amide bonds. The van der Waals surface area contributed by atoms with Crippen LogP contribution in [0.4, 0.5) is 0 Å². The third-order valence-electron chi connectivity index (χ3n) is 5.87. The first-order valence-electron chi connectivity index (χ1n) is 9.88. The van der Waals surface area contributed by atoms with Gasteiger partial charge >= 0.3 is 0 Å². The Bertz CT molecular complexity index is 933. The van der Waals surface area contributed by atoms with E-state index in [1.54, 1.807) is 17.9 Å². The maximum atomic E-state index is 12.7. The van der Waals surface area contributed by atoms with Gasteiger partial charge in [-0.05, 0) is 43.9 Å². The Kier molecular flexibility index (Phi) is 5.00. The van der Waals surface area contributed by atoms with Crippen LogP contribution in [0.1, 0.15) is 34.6 Å². The number of piperidine rings is 1. The Morgan fingerprint density at radius 2 is 2.03 bits per heavy atom. The smallest absolute Gasteiger partial charge is 0.276 e. The van der Waals surface area contributed by atoms with Crippen molar-refractivity contribution in [2.24, 2.45) is 5.92 Å². The van der Waals surface area contributed by atoms with Gasteiger partial charge in [0.15, 0.2) is 5.69 Å². The van der Waals surface area contributed by atoms with Crippen molar-refractivity contribution < 1.29 is 19.8 Å². The molecule has 3 N–H and O–H groups in total. The molecule has 1 saturated heterocycles. The standard InChI is InChI=1S/C22H25N3O4/c1-14-7-9-17(26)19(23-14)21(29)25-12-16-11-22(16,13-25)24-20(28)18(27)10-8-15-5-3-2-4-6-15/h2-7,9,16,18,26-27H,8,10-13H2,1H3,(H,24,28)/t16-,18?,22-/m1/s1. The molecule has 1 unspecified atom stereocenters. The van der Waals surface area contributed by atoms with Crippen LogP contribution in [0.2, 0.25) is 0 Å². The average molecular weight is 395 g/mol. The van der Waals surface area contributed by atoms with Crippen molar-refractivity contribution >= 4 is 11.8 Å². The van der Waals surface area contributed by atoms with Gasteiger partial charge in [-0.15, -0.1) is 0 Å². The number of aromatic nitrogens is 1. The molecule has 0 bridgehead atoms. The van der Waals surface area contributed by atoms with E-state index >= 15 is 0 Å². The Balaban J connectivity index is 1.34. The molecule has 29 heavy (non-hydrogen) atoms. The summed E-state index contributed by atoms with van der Waals surface area (Å²) in [7, 11) is 0. The number of carbonyl (C=O) groups excluding carboxylic acids is 2. The van der Waals surface area contributed by atoms with Gasteiger partial charge < -0.3 is 20.4 Å². The zero-order chi connectivity index (χ0) is 20.6. The number of hydrogen-bond donors (Lipinski definition) is 3. The molecule has 2 aliphatic rings. The SMILES string of the molecule is Cc1ccc(O)c(C(=O)N2C[C@H]3C[C@@]3(NC(=O)C(O)CCc3ccccc3)C2)n1. The largest absolute Gasteiger partial charge is 0.505 e. The minimum atomic E-state index is -1.09. The summed E-state index contributed by atoms with van der Waals surface area (Å²) in [4.78, 5) is 31.0. The van der Waals surface area contributed by atoms with Crippen LogP contribution in [0.5, 0.6) is 5.75 Å². The fraction of sp³-hybridized carbons (Fsp3) is 0.409. The summed E-state index contributed by atoms with van der Waals surface area (Å²) < 4.78 is 0. The number of nitrogens with zero attached hydrogens (tertiary/aromatic N) is 2. The van der Waals surface area contributed by atoms with E-state index in [0.717, 1.165) is 12.0 Å². The molecule has 1 saturated carbocycles. The van der Waals surface area contributed by atoms with Crippen LogP contribution in [0.25, 0.3) is 0 Å². The number of carbonyl (C=O) groups is 2. The van der Waals surface area contributed by atoms with E-state index in [4.69, 9.17) is 0 Å². The number of aryl methyl sites for hydroxylation is 2. The first-order chi connectivity index (χ1) is 13.9.